The van der Waals surface area contributed by atoms with Crippen molar-refractivity contribution in [3.8, 4) is 11.5 Å². The summed E-state index contributed by atoms with van der Waals surface area (Å²) in [5.41, 5.74) is 0.696. The second kappa shape index (κ2) is 8.07. The fraction of sp³-hybridized carbons (Fsp3) is 0.250. The molecular formula is C16H17Cl2NO4S. The van der Waals surface area contributed by atoms with Gasteiger partial charge in [0.1, 0.15) is 16.4 Å². The first-order chi connectivity index (χ1) is 11.4. The van der Waals surface area contributed by atoms with E-state index in [9.17, 15) is 8.42 Å². The summed E-state index contributed by atoms with van der Waals surface area (Å²) < 4.78 is 37.8. The molecule has 0 amide bonds. The maximum Gasteiger partial charge on any atom is 0.244 e. The van der Waals surface area contributed by atoms with Crippen molar-refractivity contribution in [2.45, 2.75) is 11.3 Å². The molecule has 0 spiro atoms. The van der Waals surface area contributed by atoms with E-state index in [1.807, 2.05) is 0 Å². The molecule has 0 radical (unpaired) electrons. The highest BCUT2D eigenvalue weighted by Crippen LogP contribution is 2.28. The molecule has 130 valence electrons. The van der Waals surface area contributed by atoms with Gasteiger partial charge in [-0.3, -0.25) is 0 Å². The molecule has 0 fully saturated rings. The normalized spacial score (nSPS) is 11.3. The van der Waals surface area contributed by atoms with Crippen LogP contribution in [0.4, 0.5) is 0 Å². The largest absolute Gasteiger partial charge is 0.497 e. The van der Waals surface area contributed by atoms with Gasteiger partial charge in [-0.25, -0.2) is 13.1 Å². The minimum Gasteiger partial charge on any atom is -0.497 e. The zero-order valence-corrected chi connectivity index (χ0v) is 15.5. The maximum atomic E-state index is 12.5. The van der Waals surface area contributed by atoms with Crippen LogP contribution in [-0.2, 0) is 16.4 Å². The number of hydrogen-bond acceptors (Lipinski definition) is 4. The summed E-state index contributed by atoms with van der Waals surface area (Å²) in [6.45, 7) is 0.145. The van der Waals surface area contributed by atoms with Crippen LogP contribution in [-0.4, -0.2) is 29.2 Å². The van der Waals surface area contributed by atoms with Crippen LogP contribution in [0.25, 0.3) is 0 Å². The number of rotatable bonds is 7. The molecule has 0 atom stereocenters. The van der Waals surface area contributed by atoms with Gasteiger partial charge >= 0.3 is 0 Å². The zero-order valence-electron chi connectivity index (χ0n) is 13.2. The molecule has 0 unspecified atom stereocenters. The zero-order chi connectivity index (χ0) is 17.7. The summed E-state index contributed by atoms with van der Waals surface area (Å²) in [5, 5.41) is 1.00. The smallest absolute Gasteiger partial charge is 0.244 e. The molecule has 0 aliphatic rings. The standard InChI is InChI=1S/C16H17Cl2NO4S/c1-22-11-6-7-15(23-2)16(10-11)24(20,21)19-9-8-12-13(17)4-3-5-14(12)18/h3-7,10,19H,8-9H2,1-2H3. The highest BCUT2D eigenvalue weighted by atomic mass is 35.5. The van der Waals surface area contributed by atoms with E-state index in [4.69, 9.17) is 32.7 Å². The fourth-order valence-electron chi connectivity index (χ4n) is 2.15. The topological polar surface area (TPSA) is 64.6 Å². The van der Waals surface area contributed by atoms with Crippen LogP contribution in [0.3, 0.4) is 0 Å². The Hall–Kier alpha value is -1.47. The molecule has 2 aromatic carbocycles. The minimum absolute atomic E-state index is 0.00889. The second-order valence-corrected chi connectivity index (χ2v) is 7.41. The molecule has 0 aliphatic heterocycles. The van der Waals surface area contributed by atoms with Crippen LogP contribution in [0.15, 0.2) is 41.3 Å². The van der Waals surface area contributed by atoms with E-state index in [2.05, 4.69) is 4.72 Å². The molecular weight excluding hydrogens is 373 g/mol. The molecule has 2 rings (SSSR count). The van der Waals surface area contributed by atoms with E-state index in [1.54, 1.807) is 30.3 Å². The lowest BCUT2D eigenvalue weighted by molar-refractivity contribution is 0.392. The Balaban J connectivity index is 2.17. The summed E-state index contributed by atoms with van der Waals surface area (Å²) in [5.74, 6) is 0.657. The highest BCUT2D eigenvalue weighted by Gasteiger charge is 2.20. The molecule has 5 nitrogen and oxygen atoms in total. The first-order valence-corrected chi connectivity index (χ1v) is 9.27. The van der Waals surface area contributed by atoms with Crippen LogP contribution >= 0.6 is 23.2 Å². The van der Waals surface area contributed by atoms with E-state index in [1.165, 1.54) is 20.3 Å². The number of sulfonamides is 1. The third-order valence-corrected chi connectivity index (χ3v) is 5.58. The molecule has 24 heavy (non-hydrogen) atoms. The van der Waals surface area contributed by atoms with Crippen molar-refractivity contribution in [3.63, 3.8) is 0 Å². The Bertz CT molecular complexity index is 805. The van der Waals surface area contributed by atoms with Gasteiger partial charge in [-0.2, -0.15) is 0 Å². The average Bonchev–Trinajstić information content (AvgIpc) is 2.57. The predicted molar refractivity (Wildman–Crippen MR) is 94.9 cm³/mol. The molecule has 0 aliphatic carbocycles. The Labute approximate surface area is 151 Å². The van der Waals surface area contributed by atoms with E-state index in [0.29, 0.717) is 27.8 Å². The third-order valence-electron chi connectivity index (χ3n) is 3.39. The fourth-order valence-corrected chi connectivity index (χ4v) is 3.95. The van der Waals surface area contributed by atoms with Crippen LogP contribution in [0.1, 0.15) is 5.56 Å². The van der Waals surface area contributed by atoms with Crippen LogP contribution in [0.5, 0.6) is 11.5 Å². The SMILES string of the molecule is COc1ccc(OC)c(S(=O)(=O)NCCc2c(Cl)cccc2Cl)c1. The summed E-state index contributed by atoms with van der Waals surface area (Å²) in [6, 6.07) is 9.73. The second-order valence-electron chi connectivity index (χ2n) is 4.86. The van der Waals surface area contributed by atoms with Gasteiger partial charge in [0.2, 0.25) is 10.0 Å². The first kappa shape index (κ1) is 18.9. The summed E-state index contributed by atoms with van der Waals surface area (Å²) in [6.07, 6.45) is 0.365. The lowest BCUT2D eigenvalue weighted by Gasteiger charge is -2.13. The summed E-state index contributed by atoms with van der Waals surface area (Å²) in [7, 11) is -0.902. The van der Waals surface area contributed by atoms with Crippen molar-refractivity contribution >= 4 is 33.2 Å². The molecule has 0 bridgehead atoms. The lowest BCUT2D eigenvalue weighted by atomic mass is 10.1. The number of nitrogens with one attached hydrogen (secondary N) is 1. The van der Waals surface area contributed by atoms with Gasteiger partial charge in [0, 0.05) is 22.7 Å². The van der Waals surface area contributed by atoms with Gasteiger partial charge in [-0.1, -0.05) is 29.3 Å². The van der Waals surface area contributed by atoms with Crippen LogP contribution in [0, 0.1) is 0 Å². The lowest BCUT2D eigenvalue weighted by Crippen LogP contribution is -2.26. The number of halogens is 2. The van der Waals surface area contributed by atoms with Crippen molar-refractivity contribution in [1.29, 1.82) is 0 Å². The molecule has 2 aromatic rings. The van der Waals surface area contributed by atoms with Crippen molar-refractivity contribution in [1.82, 2.24) is 4.72 Å². The Morgan fingerprint density at radius 2 is 1.71 bits per heavy atom. The van der Waals surface area contributed by atoms with E-state index in [0.717, 1.165) is 0 Å². The molecule has 0 aromatic heterocycles. The van der Waals surface area contributed by atoms with E-state index < -0.39 is 10.0 Å². The maximum absolute atomic E-state index is 12.5. The average molecular weight is 390 g/mol. The number of methoxy groups -OCH3 is 2. The molecule has 1 N–H and O–H groups in total. The van der Waals surface area contributed by atoms with Gasteiger partial charge in [0.05, 0.1) is 14.2 Å². The van der Waals surface area contributed by atoms with Crippen LogP contribution in [0.2, 0.25) is 10.0 Å². The van der Waals surface area contributed by atoms with Gasteiger partial charge in [0.25, 0.3) is 0 Å². The van der Waals surface area contributed by atoms with Crippen LogP contribution < -0.4 is 14.2 Å². The first-order valence-electron chi connectivity index (χ1n) is 7.03. The summed E-state index contributed by atoms with van der Waals surface area (Å²) >= 11 is 12.2. The molecule has 0 heterocycles. The number of ether oxygens (including phenoxy) is 2. The van der Waals surface area contributed by atoms with Crippen molar-refractivity contribution in [2.24, 2.45) is 0 Å². The Kier molecular flexibility index (Phi) is 6.34. The summed E-state index contributed by atoms with van der Waals surface area (Å²) in [4.78, 5) is 0.00889. The molecule has 0 saturated heterocycles. The van der Waals surface area contributed by atoms with E-state index in [-0.39, 0.29) is 17.2 Å². The van der Waals surface area contributed by atoms with E-state index >= 15 is 0 Å². The number of hydrogen-bond donors (Lipinski definition) is 1. The minimum atomic E-state index is -3.77. The van der Waals surface area contributed by atoms with Crippen molar-refractivity contribution < 1.29 is 17.9 Å². The van der Waals surface area contributed by atoms with Crippen molar-refractivity contribution in [3.05, 3.63) is 52.0 Å². The molecule has 8 heteroatoms. The third kappa shape index (κ3) is 4.33. The predicted octanol–water partition coefficient (Wildman–Crippen LogP) is 3.53. The Morgan fingerprint density at radius 1 is 1.04 bits per heavy atom. The number of benzene rings is 2. The Morgan fingerprint density at radius 3 is 2.29 bits per heavy atom. The van der Waals surface area contributed by atoms with Crippen molar-refractivity contribution in [2.75, 3.05) is 20.8 Å². The van der Waals surface area contributed by atoms with Gasteiger partial charge in [0.15, 0.2) is 0 Å². The van der Waals surface area contributed by atoms with Gasteiger partial charge in [-0.15, -0.1) is 0 Å². The monoisotopic (exact) mass is 389 g/mol. The van der Waals surface area contributed by atoms with Gasteiger partial charge in [-0.05, 0) is 36.2 Å². The molecule has 0 saturated carbocycles. The van der Waals surface area contributed by atoms with Gasteiger partial charge < -0.3 is 9.47 Å². The quantitative estimate of drug-likeness (QED) is 0.786. The highest BCUT2D eigenvalue weighted by molar-refractivity contribution is 7.89.